The summed E-state index contributed by atoms with van der Waals surface area (Å²) in [4.78, 5) is 26.6. The molecule has 1 aliphatic heterocycles. The lowest BCUT2D eigenvalue weighted by atomic mass is 9.99. The number of carbonyl (C=O) groups excluding carboxylic acids is 2. The SMILES string of the molecule is CC/C=C\C/C=C\C/C=C\C/C=C\C/C=C\C/C=C\CC(O)C(=O)NC(COC1OC(CO)C(O)C(O)C1OC(=O)CCCCCCCCCCCCCCCCCCCCCCC)C(O)/C=C/CCCCCCCCCCCC. The molecule has 8 unspecified atom stereocenters. The van der Waals surface area contributed by atoms with Crippen LogP contribution in [0.3, 0.4) is 0 Å². The Morgan fingerprint density at radius 1 is 0.500 bits per heavy atom. The number of esters is 1. The zero-order chi connectivity index (χ0) is 58.2. The molecule has 0 aliphatic carbocycles. The van der Waals surface area contributed by atoms with Crippen molar-refractivity contribution in [3.8, 4) is 0 Å². The summed E-state index contributed by atoms with van der Waals surface area (Å²) in [6, 6.07) is -1.07. The van der Waals surface area contributed by atoms with E-state index in [0.29, 0.717) is 12.8 Å². The molecule has 1 amide bonds. The molecule has 0 spiro atoms. The van der Waals surface area contributed by atoms with Gasteiger partial charge in [0.1, 0.15) is 24.4 Å². The van der Waals surface area contributed by atoms with E-state index in [1.807, 2.05) is 18.2 Å². The zero-order valence-electron chi connectivity index (χ0n) is 51.2. The second-order valence-electron chi connectivity index (χ2n) is 22.5. The average molecular weight is 1120 g/mol. The van der Waals surface area contributed by atoms with E-state index >= 15 is 0 Å². The van der Waals surface area contributed by atoms with E-state index in [9.17, 15) is 35.1 Å². The van der Waals surface area contributed by atoms with E-state index in [1.165, 1.54) is 154 Å². The lowest BCUT2D eigenvalue weighted by Crippen LogP contribution is -2.61. The first-order chi connectivity index (χ1) is 39.2. The smallest absolute Gasteiger partial charge is 0.306 e. The van der Waals surface area contributed by atoms with Crippen molar-refractivity contribution in [1.29, 1.82) is 0 Å². The number of hydrogen-bond acceptors (Lipinski definition) is 10. The van der Waals surface area contributed by atoms with E-state index < -0.39 is 67.4 Å². The molecule has 1 heterocycles. The lowest BCUT2D eigenvalue weighted by Gasteiger charge is -2.41. The molecule has 0 saturated carbocycles. The van der Waals surface area contributed by atoms with Gasteiger partial charge in [0, 0.05) is 12.8 Å². The summed E-state index contributed by atoms with van der Waals surface area (Å²) in [6.07, 6.45) is 63.6. The molecule has 0 aromatic rings. The highest BCUT2D eigenvalue weighted by molar-refractivity contribution is 5.81. The number of hydrogen-bond donors (Lipinski definition) is 6. The molecule has 0 bridgehead atoms. The fourth-order valence-corrected chi connectivity index (χ4v) is 9.90. The third kappa shape index (κ3) is 43.5. The summed E-state index contributed by atoms with van der Waals surface area (Å²) < 4.78 is 17.6. The van der Waals surface area contributed by atoms with E-state index in [0.717, 1.165) is 77.0 Å². The Balaban J connectivity index is 2.68. The molecule has 1 rings (SSSR count). The number of aliphatic hydroxyl groups excluding tert-OH is 5. The molecule has 8 atom stereocenters. The molecule has 0 radical (unpaired) electrons. The Labute approximate surface area is 489 Å². The quantitative estimate of drug-likeness (QED) is 0.0195. The van der Waals surface area contributed by atoms with Crippen molar-refractivity contribution in [2.75, 3.05) is 13.2 Å². The maximum absolute atomic E-state index is 13.4. The van der Waals surface area contributed by atoms with Gasteiger partial charge in [-0.15, -0.1) is 0 Å². The number of ether oxygens (including phenoxy) is 3. The van der Waals surface area contributed by atoms with Crippen molar-refractivity contribution in [2.45, 2.75) is 327 Å². The van der Waals surface area contributed by atoms with Crippen LogP contribution in [0.15, 0.2) is 85.1 Å². The maximum atomic E-state index is 13.4. The molecule has 1 fully saturated rings. The Bertz CT molecular complexity index is 1620. The molecular weight excluding hydrogens is 1000 g/mol. The largest absolute Gasteiger partial charge is 0.454 e. The van der Waals surface area contributed by atoms with Gasteiger partial charge < -0.3 is 45.1 Å². The summed E-state index contributed by atoms with van der Waals surface area (Å²) >= 11 is 0. The van der Waals surface area contributed by atoms with Gasteiger partial charge in [0.05, 0.1) is 25.4 Å². The Kier molecular flexibility index (Phi) is 52.7. The molecule has 1 aliphatic rings. The summed E-state index contributed by atoms with van der Waals surface area (Å²) in [6.45, 7) is 5.65. The van der Waals surface area contributed by atoms with Gasteiger partial charge in [-0.05, 0) is 57.8 Å². The van der Waals surface area contributed by atoms with Gasteiger partial charge in [0.15, 0.2) is 12.4 Å². The Hall–Kier alpha value is -3.16. The zero-order valence-corrected chi connectivity index (χ0v) is 51.2. The number of carbonyl (C=O) groups is 2. The second-order valence-corrected chi connectivity index (χ2v) is 22.5. The van der Waals surface area contributed by atoms with E-state index in [2.05, 4.69) is 80.8 Å². The average Bonchev–Trinajstić information content (AvgIpc) is 3.45. The first-order valence-electron chi connectivity index (χ1n) is 32.9. The molecule has 11 nitrogen and oxygen atoms in total. The van der Waals surface area contributed by atoms with Crippen LogP contribution in [0.1, 0.15) is 278 Å². The predicted octanol–water partition coefficient (Wildman–Crippen LogP) is 16.1. The number of allylic oxidation sites excluding steroid dienone is 12. The van der Waals surface area contributed by atoms with Gasteiger partial charge in [0.2, 0.25) is 5.91 Å². The highest BCUT2D eigenvalue weighted by Gasteiger charge is 2.47. The fraction of sp³-hybridized carbons (Fsp3) is 0.768. The van der Waals surface area contributed by atoms with Gasteiger partial charge in [-0.2, -0.15) is 0 Å². The van der Waals surface area contributed by atoms with Crippen LogP contribution in [0, 0.1) is 0 Å². The fourth-order valence-electron chi connectivity index (χ4n) is 9.90. The van der Waals surface area contributed by atoms with Gasteiger partial charge >= 0.3 is 5.97 Å². The molecule has 462 valence electrons. The molecule has 1 saturated heterocycles. The minimum atomic E-state index is -1.63. The minimum Gasteiger partial charge on any atom is -0.454 e. The van der Waals surface area contributed by atoms with Crippen molar-refractivity contribution in [2.24, 2.45) is 0 Å². The van der Waals surface area contributed by atoms with Crippen LogP contribution >= 0.6 is 0 Å². The highest BCUT2D eigenvalue weighted by Crippen LogP contribution is 2.26. The number of rotatable bonds is 55. The van der Waals surface area contributed by atoms with Gasteiger partial charge in [-0.25, -0.2) is 0 Å². The van der Waals surface area contributed by atoms with Crippen LogP contribution in [0.5, 0.6) is 0 Å². The van der Waals surface area contributed by atoms with Gasteiger partial charge in [-0.3, -0.25) is 9.59 Å². The third-order valence-corrected chi connectivity index (χ3v) is 15.1. The molecule has 0 aromatic carbocycles. The van der Waals surface area contributed by atoms with Crippen LogP contribution < -0.4 is 5.32 Å². The van der Waals surface area contributed by atoms with Gasteiger partial charge in [-0.1, -0.05) is 292 Å². The first-order valence-corrected chi connectivity index (χ1v) is 32.9. The van der Waals surface area contributed by atoms with Crippen molar-refractivity contribution in [1.82, 2.24) is 5.32 Å². The first kappa shape index (κ1) is 74.9. The van der Waals surface area contributed by atoms with Crippen LogP contribution in [0.4, 0.5) is 0 Å². The number of unbranched alkanes of at least 4 members (excludes halogenated alkanes) is 30. The second kappa shape index (κ2) is 56.3. The van der Waals surface area contributed by atoms with Crippen molar-refractivity contribution in [3.63, 3.8) is 0 Å². The minimum absolute atomic E-state index is 0.0559. The molecule has 11 heteroatoms. The highest BCUT2D eigenvalue weighted by atomic mass is 16.7. The van der Waals surface area contributed by atoms with Crippen LogP contribution in [-0.4, -0.2) is 99.6 Å². The van der Waals surface area contributed by atoms with Crippen molar-refractivity contribution < 1.29 is 49.3 Å². The Morgan fingerprint density at radius 3 is 1.30 bits per heavy atom. The van der Waals surface area contributed by atoms with Gasteiger partial charge in [0.25, 0.3) is 0 Å². The van der Waals surface area contributed by atoms with Crippen LogP contribution in [0.2, 0.25) is 0 Å². The summed E-state index contributed by atoms with van der Waals surface area (Å²) in [7, 11) is 0. The number of aliphatic hydroxyl groups is 5. The summed E-state index contributed by atoms with van der Waals surface area (Å²) in [5.74, 6) is -1.28. The Morgan fingerprint density at radius 2 is 0.887 bits per heavy atom. The van der Waals surface area contributed by atoms with Crippen molar-refractivity contribution >= 4 is 11.9 Å². The molecule has 0 aromatic heterocycles. The number of amides is 1. The molecular formula is C69H121NO10. The molecule has 80 heavy (non-hydrogen) atoms. The van der Waals surface area contributed by atoms with E-state index in [4.69, 9.17) is 14.2 Å². The van der Waals surface area contributed by atoms with E-state index in [1.54, 1.807) is 12.2 Å². The molecule has 6 N–H and O–H groups in total. The predicted molar refractivity (Wildman–Crippen MR) is 333 cm³/mol. The van der Waals surface area contributed by atoms with Crippen molar-refractivity contribution in [3.05, 3.63) is 85.1 Å². The van der Waals surface area contributed by atoms with Crippen LogP contribution in [0.25, 0.3) is 0 Å². The monoisotopic (exact) mass is 1120 g/mol. The topological polar surface area (TPSA) is 175 Å². The number of nitrogens with one attached hydrogen (secondary N) is 1. The lowest BCUT2D eigenvalue weighted by molar-refractivity contribution is -0.305. The summed E-state index contributed by atoms with van der Waals surface area (Å²) in [5, 5.41) is 56.9. The third-order valence-electron chi connectivity index (χ3n) is 15.1. The maximum Gasteiger partial charge on any atom is 0.306 e. The van der Waals surface area contributed by atoms with Crippen LogP contribution in [-0.2, 0) is 23.8 Å². The van der Waals surface area contributed by atoms with E-state index in [-0.39, 0.29) is 19.4 Å². The standard InChI is InChI=1S/C69H121NO10/c1-4-7-10-13-16-19-22-25-27-29-31-32-33-35-37-39-42-45-48-51-54-57-64(74)80-67-66(76)65(75)63(58-71)79-69(67)78-59-60(61(72)55-52-49-46-43-40-24-21-18-15-12-9-6-3)70-68(77)62(73)56-53-50-47-44-41-38-36-34-30-28-26-23-20-17-14-11-8-5-2/h8,11,17,20,26,28,34,36,41,44,50,52-53,55,60-63,65-67,69,71-73,75-76H,4-7,9-10,12-16,18-19,21-25,27,29-33,35,37-40,42-43,45-49,51,54,56-59H2,1-3H3,(H,70,77)/b11-8-,20-17-,28-26-,36-34-,44-41-,53-50-,55-52+. The summed E-state index contributed by atoms with van der Waals surface area (Å²) in [5.41, 5.74) is 0. The normalized spacial score (nSPS) is 19.3.